The van der Waals surface area contributed by atoms with Crippen molar-refractivity contribution in [3.05, 3.63) is 29.8 Å². The molecule has 3 heterocycles. The van der Waals surface area contributed by atoms with Gasteiger partial charge in [-0.2, -0.15) is 5.10 Å². The molecule has 0 N–H and O–H groups in total. The molecule has 0 bridgehead atoms. The summed E-state index contributed by atoms with van der Waals surface area (Å²) in [4.78, 5) is 9.15. The van der Waals surface area contributed by atoms with Gasteiger partial charge >= 0.3 is 0 Å². The van der Waals surface area contributed by atoms with E-state index in [2.05, 4.69) is 15.1 Å². The molecule has 0 aliphatic carbocycles. The number of aromatic nitrogens is 4. The van der Waals surface area contributed by atoms with Crippen LogP contribution < -0.4 is 0 Å². The van der Waals surface area contributed by atoms with E-state index in [1.165, 1.54) is 10.6 Å². The fourth-order valence-electron chi connectivity index (χ4n) is 2.77. The Labute approximate surface area is 130 Å². The fraction of sp³-hybridized carbons (Fsp3) is 0.500. The highest BCUT2D eigenvalue weighted by atomic mass is 32.2. The predicted molar refractivity (Wildman–Crippen MR) is 82.7 cm³/mol. The lowest BCUT2D eigenvalue weighted by Gasteiger charge is -2.13. The Hall–Kier alpha value is -1.80. The predicted octanol–water partition coefficient (Wildman–Crippen LogP) is 0.934. The molecule has 3 rings (SSSR count). The van der Waals surface area contributed by atoms with E-state index in [-0.39, 0.29) is 5.92 Å². The number of sulfonamides is 1. The van der Waals surface area contributed by atoms with Crippen molar-refractivity contribution in [1.82, 2.24) is 24.1 Å². The van der Waals surface area contributed by atoms with Crippen molar-refractivity contribution < 1.29 is 8.42 Å². The summed E-state index contributed by atoms with van der Waals surface area (Å²) in [6, 6.07) is 3.83. The summed E-state index contributed by atoms with van der Waals surface area (Å²) < 4.78 is 26.6. The van der Waals surface area contributed by atoms with Crippen LogP contribution in [0.2, 0.25) is 0 Å². The van der Waals surface area contributed by atoms with Gasteiger partial charge in [0.25, 0.3) is 0 Å². The van der Waals surface area contributed by atoms with Crippen molar-refractivity contribution in [2.75, 3.05) is 19.3 Å². The Bertz CT molecular complexity index is 799. The lowest BCUT2D eigenvalue weighted by atomic mass is 10.1. The topological polar surface area (TPSA) is 81.0 Å². The van der Waals surface area contributed by atoms with Gasteiger partial charge in [0.2, 0.25) is 10.0 Å². The van der Waals surface area contributed by atoms with E-state index in [0.717, 1.165) is 23.5 Å². The molecular weight excluding hydrogens is 302 g/mol. The van der Waals surface area contributed by atoms with Crippen molar-refractivity contribution in [2.45, 2.75) is 19.3 Å². The van der Waals surface area contributed by atoms with E-state index in [0.29, 0.717) is 18.9 Å². The first-order valence-corrected chi connectivity index (χ1v) is 8.98. The van der Waals surface area contributed by atoms with Gasteiger partial charge in [-0.15, -0.1) is 0 Å². The Morgan fingerprint density at radius 2 is 2.09 bits per heavy atom. The molecule has 1 fully saturated rings. The number of rotatable bonds is 3. The minimum absolute atomic E-state index is 0.0432. The lowest BCUT2D eigenvalue weighted by molar-refractivity contribution is 0.476. The molecule has 0 spiro atoms. The molecule has 1 atom stereocenters. The van der Waals surface area contributed by atoms with E-state index in [1.54, 1.807) is 10.9 Å². The second kappa shape index (κ2) is 5.44. The summed E-state index contributed by atoms with van der Waals surface area (Å²) in [6.45, 7) is 2.91. The zero-order valence-corrected chi connectivity index (χ0v) is 13.7. The summed E-state index contributed by atoms with van der Waals surface area (Å²) in [5.41, 5.74) is 2.61. The molecule has 0 unspecified atom stereocenters. The summed E-state index contributed by atoms with van der Waals surface area (Å²) in [5.74, 6) is 0.754. The molecule has 22 heavy (non-hydrogen) atoms. The largest absolute Gasteiger partial charge is 0.266 e. The molecule has 1 saturated heterocycles. The maximum absolute atomic E-state index is 11.6. The van der Waals surface area contributed by atoms with Crippen molar-refractivity contribution in [2.24, 2.45) is 7.05 Å². The second-order valence-electron chi connectivity index (χ2n) is 5.70. The van der Waals surface area contributed by atoms with Crippen LogP contribution in [0.25, 0.3) is 11.4 Å². The van der Waals surface area contributed by atoms with Gasteiger partial charge in [-0.1, -0.05) is 0 Å². The van der Waals surface area contributed by atoms with Gasteiger partial charge in [0, 0.05) is 37.9 Å². The van der Waals surface area contributed by atoms with Crippen molar-refractivity contribution in [3.63, 3.8) is 0 Å². The van der Waals surface area contributed by atoms with Crippen LogP contribution in [0.5, 0.6) is 0 Å². The van der Waals surface area contributed by atoms with Crippen LogP contribution in [0.1, 0.15) is 23.9 Å². The first kappa shape index (κ1) is 15.1. The molecule has 7 nitrogen and oxygen atoms in total. The van der Waals surface area contributed by atoms with Crippen LogP contribution in [0.3, 0.4) is 0 Å². The van der Waals surface area contributed by atoms with Gasteiger partial charge in [-0.05, 0) is 25.5 Å². The summed E-state index contributed by atoms with van der Waals surface area (Å²) in [7, 11) is -1.28. The first-order chi connectivity index (χ1) is 10.3. The van der Waals surface area contributed by atoms with Gasteiger partial charge in [-0.3, -0.25) is 4.68 Å². The monoisotopic (exact) mass is 321 g/mol. The zero-order valence-electron chi connectivity index (χ0n) is 12.9. The van der Waals surface area contributed by atoms with Gasteiger partial charge in [-0.25, -0.2) is 22.7 Å². The SMILES string of the molecule is Cc1cc(-c2ccnn2C)nc([C@@H]2CCN(S(C)(=O)=O)C2)n1. The van der Waals surface area contributed by atoms with E-state index in [4.69, 9.17) is 0 Å². The zero-order chi connectivity index (χ0) is 15.9. The number of aryl methyl sites for hydroxylation is 2. The number of hydrogen-bond acceptors (Lipinski definition) is 5. The van der Waals surface area contributed by atoms with Gasteiger partial charge in [0.15, 0.2) is 0 Å². The molecule has 0 aromatic carbocycles. The summed E-state index contributed by atoms with van der Waals surface area (Å²) >= 11 is 0. The van der Waals surface area contributed by atoms with Crippen molar-refractivity contribution >= 4 is 10.0 Å². The third kappa shape index (κ3) is 2.89. The summed E-state index contributed by atoms with van der Waals surface area (Å²) in [5, 5.41) is 4.16. The minimum atomic E-state index is -3.15. The van der Waals surface area contributed by atoms with E-state index in [1.807, 2.05) is 26.1 Å². The molecule has 118 valence electrons. The Morgan fingerprint density at radius 3 is 2.68 bits per heavy atom. The third-order valence-corrected chi connectivity index (χ3v) is 5.21. The van der Waals surface area contributed by atoms with Crippen molar-refractivity contribution in [3.8, 4) is 11.4 Å². The molecule has 2 aromatic rings. The van der Waals surface area contributed by atoms with E-state index in [9.17, 15) is 8.42 Å². The maximum atomic E-state index is 11.6. The van der Waals surface area contributed by atoms with Crippen LogP contribution in [0.4, 0.5) is 0 Å². The standard InChI is InChI=1S/C14H19N5O2S/c1-10-8-12(13-4-6-15-18(13)2)17-14(16-10)11-5-7-19(9-11)22(3,20)21/h4,6,8,11H,5,7,9H2,1-3H3/t11-/m1/s1. The highest BCUT2D eigenvalue weighted by Gasteiger charge is 2.31. The lowest BCUT2D eigenvalue weighted by Crippen LogP contribution is -2.27. The van der Waals surface area contributed by atoms with Gasteiger partial charge in [0.05, 0.1) is 17.6 Å². The average Bonchev–Trinajstić information content (AvgIpc) is 3.05. The Kier molecular flexibility index (Phi) is 3.73. The molecule has 1 aliphatic heterocycles. The van der Waals surface area contributed by atoms with E-state index < -0.39 is 10.0 Å². The van der Waals surface area contributed by atoms with Crippen LogP contribution in [-0.4, -0.2) is 51.8 Å². The first-order valence-electron chi connectivity index (χ1n) is 7.13. The third-order valence-electron chi connectivity index (χ3n) is 3.94. The fourth-order valence-corrected chi connectivity index (χ4v) is 3.66. The smallest absolute Gasteiger partial charge is 0.211 e. The minimum Gasteiger partial charge on any atom is -0.266 e. The molecule has 0 radical (unpaired) electrons. The number of hydrogen-bond donors (Lipinski definition) is 0. The quantitative estimate of drug-likeness (QED) is 0.840. The van der Waals surface area contributed by atoms with Crippen LogP contribution in [0.15, 0.2) is 18.3 Å². The Morgan fingerprint density at radius 1 is 1.32 bits per heavy atom. The maximum Gasteiger partial charge on any atom is 0.211 e. The molecule has 2 aromatic heterocycles. The number of nitrogens with zero attached hydrogens (tertiary/aromatic N) is 5. The highest BCUT2D eigenvalue weighted by Crippen LogP contribution is 2.28. The molecule has 0 saturated carbocycles. The molecule has 0 amide bonds. The highest BCUT2D eigenvalue weighted by molar-refractivity contribution is 7.88. The molecular formula is C14H19N5O2S. The Balaban J connectivity index is 1.93. The van der Waals surface area contributed by atoms with Crippen LogP contribution in [0, 0.1) is 6.92 Å². The second-order valence-corrected chi connectivity index (χ2v) is 7.68. The van der Waals surface area contributed by atoms with Gasteiger partial charge < -0.3 is 0 Å². The molecule has 8 heteroatoms. The van der Waals surface area contributed by atoms with Crippen LogP contribution >= 0.6 is 0 Å². The average molecular weight is 321 g/mol. The van der Waals surface area contributed by atoms with Gasteiger partial charge in [0.1, 0.15) is 5.82 Å². The van der Waals surface area contributed by atoms with Crippen LogP contribution in [-0.2, 0) is 17.1 Å². The van der Waals surface area contributed by atoms with E-state index >= 15 is 0 Å². The summed E-state index contributed by atoms with van der Waals surface area (Å²) in [6.07, 6.45) is 3.72. The normalized spacial score (nSPS) is 19.7. The molecule has 1 aliphatic rings. The van der Waals surface area contributed by atoms with Crippen molar-refractivity contribution in [1.29, 1.82) is 0 Å².